The molecule has 0 aliphatic heterocycles. The fourth-order valence-corrected chi connectivity index (χ4v) is 5.63. The molecular formula is C20H22ClN3O4S2. The first-order valence-electron chi connectivity index (χ1n) is 9.61. The highest BCUT2D eigenvalue weighted by atomic mass is 35.5. The van der Waals surface area contributed by atoms with E-state index < -0.39 is 16.4 Å². The van der Waals surface area contributed by atoms with Gasteiger partial charge in [0.05, 0.1) is 28.6 Å². The lowest BCUT2D eigenvalue weighted by Gasteiger charge is -2.12. The Bertz CT molecular complexity index is 1130. The SMILES string of the molecule is NS(=O)(=O)OC[C@@H]1C[C@@H](c2csc3c(CCc4ccc(Cl)cc4)ncnc23)C[C@@H]1O. The van der Waals surface area contributed by atoms with Crippen molar-refractivity contribution in [2.75, 3.05) is 6.61 Å². The van der Waals surface area contributed by atoms with Crippen LogP contribution in [0.5, 0.6) is 0 Å². The molecule has 3 atom stereocenters. The Morgan fingerprint density at radius 1 is 1.20 bits per heavy atom. The van der Waals surface area contributed by atoms with Crippen molar-refractivity contribution in [1.82, 2.24) is 9.97 Å². The minimum atomic E-state index is -4.02. The van der Waals surface area contributed by atoms with Crippen molar-refractivity contribution in [3.8, 4) is 0 Å². The molecule has 1 fully saturated rings. The highest BCUT2D eigenvalue weighted by Gasteiger charge is 2.36. The van der Waals surface area contributed by atoms with Crippen LogP contribution in [0, 0.1) is 5.92 Å². The van der Waals surface area contributed by atoms with Crippen LogP contribution in [0.4, 0.5) is 0 Å². The van der Waals surface area contributed by atoms with Crippen molar-refractivity contribution in [2.24, 2.45) is 11.1 Å². The molecule has 0 amide bonds. The van der Waals surface area contributed by atoms with Crippen molar-refractivity contribution in [3.05, 3.63) is 57.8 Å². The summed E-state index contributed by atoms with van der Waals surface area (Å²) in [5, 5.41) is 18.1. The molecule has 160 valence electrons. The number of aromatic nitrogens is 2. The summed E-state index contributed by atoms with van der Waals surface area (Å²) in [5.41, 5.74) is 4.17. The van der Waals surface area contributed by atoms with Crippen molar-refractivity contribution >= 4 is 43.5 Å². The number of aliphatic hydroxyl groups excluding tert-OH is 1. The number of aliphatic hydroxyl groups is 1. The Balaban J connectivity index is 1.49. The lowest BCUT2D eigenvalue weighted by atomic mass is 9.97. The third kappa shape index (κ3) is 4.99. The van der Waals surface area contributed by atoms with E-state index in [2.05, 4.69) is 15.3 Å². The van der Waals surface area contributed by atoms with Gasteiger partial charge in [0.25, 0.3) is 0 Å². The van der Waals surface area contributed by atoms with Crippen molar-refractivity contribution < 1.29 is 17.7 Å². The third-order valence-electron chi connectivity index (χ3n) is 5.56. The molecule has 10 heteroatoms. The predicted octanol–water partition coefficient (Wildman–Crippen LogP) is 3.20. The van der Waals surface area contributed by atoms with Crippen molar-refractivity contribution in [3.63, 3.8) is 0 Å². The fourth-order valence-electron chi connectivity index (χ4n) is 4.02. The zero-order valence-corrected chi connectivity index (χ0v) is 18.5. The summed E-state index contributed by atoms with van der Waals surface area (Å²) >= 11 is 7.56. The van der Waals surface area contributed by atoms with E-state index in [0.29, 0.717) is 12.8 Å². The topological polar surface area (TPSA) is 115 Å². The van der Waals surface area contributed by atoms with Gasteiger partial charge in [0.15, 0.2) is 0 Å². The number of thiophene rings is 1. The first kappa shape index (κ1) is 21.6. The second kappa shape index (κ2) is 8.86. The first-order valence-corrected chi connectivity index (χ1v) is 12.3. The van der Waals surface area contributed by atoms with Gasteiger partial charge in [-0.25, -0.2) is 15.1 Å². The number of hydrogen-bond acceptors (Lipinski definition) is 7. The minimum Gasteiger partial charge on any atom is -0.393 e. The summed E-state index contributed by atoms with van der Waals surface area (Å²) in [6.07, 6.45) is 3.74. The van der Waals surface area contributed by atoms with E-state index in [4.69, 9.17) is 20.9 Å². The van der Waals surface area contributed by atoms with Crippen LogP contribution >= 0.6 is 22.9 Å². The highest BCUT2D eigenvalue weighted by molar-refractivity contribution is 7.84. The summed E-state index contributed by atoms with van der Waals surface area (Å²) in [6, 6.07) is 7.81. The maximum atomic E-state index is 11.0. The Labute approximate surface area is 184 Å². The summed E-state index contributed by atoms with van der Waals surface area (Å²) in [6.45, 7) is -0.111. The van der Waals surface area contributed by atoms with E-state index in [1.807, 2.05) is 24.3 Å². The van der Waals surface area contributed by atoms with E-state index in [1.54, 1.807) is 17.7 Å². The Kier molecular flexibility index (Phi) is 6.38. The second-order valence-corrected chi connectivity index (χ2v) is 10.1. The Morgan fingerprint density at radius 3 is 2.70 bits per heavy atom. The normalized spacial score (nSPS) is 22.0. The average molecular weight is 468 g/mol. The third-order valence-corrected chi connectivity index (χ3v) is 7.32. The van der Waals surface area contributed by atoms with E-state index >= 15 is 0 Å². The van der Waals surface area contributed by atoms with Gasteiger partial charge < -0.3 is 5.11 Å². The summed E-state index contributed by atoms with van der Waals surface area (Å²) in [4.78, 5) is 8.99. The standard InChI is InChI=1S/C20H22ClN3O4S2/c21-15-4-1-12(2-5-15)3-6-17-20-19(24-11-23-17)16(10-29-20)13-7-14(18(25)8-13)9-28-30(22,26)27/h1-2,4-5,10-11,13-14,18,25H,3,6-9H2,(H2,22,26,27)/t13-,14+,18+/m1/s1. The molecule has 1 aliphatic carbocycles. The molecule has 0 bridgehead atoms. The number of hydrogen-bond donors (Lipinski definition) is 2. The fraction of sp³-hybridized carbons (Fsp3) is 0.400. The lowest BCUT2D eigenvalue weighted by molar-refractivity contribution is 0.101. The summed E-state index contributed by atoms with van der Waals surface area (Å²) < 4.78 is 27.9. The lowest BCUT2D eigenvalue weighted by Crippen LogP contribution is -2.24. The van der Waals surface area contributed by atoms with E-state index in [9.17, 15) is 13.5 Å². The summed E-state index contributed by atoms with van der Waals surface area (Å²) in [7, 11) is -4.02. The number of nitrogens with two attached hydrogens (primary N) is 1. The van der Waals surface area contributed by atoms with Gasteiger partial charge in [-0.3, -0.25) is 4.18 Å². The molecule has 2 aromatic heterocycles. The van der Waals surface area contributed by atoms with E-state index in [1.165, 1.54) is 5.56 Å². The van der Waals surface area contributed by atoms with Crippen molar-refractivity contribution in [1.29, 1.82) is 0 Å². The number of nitrogens with zero attached hydrogens (tertiary/aromatic N) is 2. The number of fused-ring (bicyclic) bond motifs is 1. The molecular weight excluding hydrogens is 446 g/mol. The van der Waals surface area contributed by atoms with Crippen LogP contribution in [0.3, 0.4) is 0 Å². The van der Waals surface area contributed by atoms with Crippen LogP contribution in [0.25, 0.3) is 10.2 Å². The highest BCUT2D eigenvalue weighted by Crippen LogP contribution is 2.43. The van der Waals surface area contributed by atoms with Gasteiger partial charge in [-0.2, -0.15) is 8.42 Å². The molecule has 4 rings (SSSR count). The van der Waals surface area contributed by atoms with Crippen LogP contribution in [0.1, 0.15) is 35.6 Å². The van der Waals surface area contributed by atoms with Gasteiger partial charge in [-0.05, 0) is 60.2 Å². The quantitative estimate of drug-likeness (QED) is 0.551. The molecule has 7 nitrogen and oxygen atoms in total. The first-order chi connectivity index (χ1) is 14.3. The van der Waals surface area contributed by atoms with Crippen LogP contribution < -0.4 is 5.14 Å². The number of aryl methyl sites for hydroxylation is 2. The Hall–Kier alpha value is -1.62. The monoisotopic (exact) mass is 467 g/mol. The van der Waals surface area contributed by atoms with Gasteiger partial charge in [-0.1, -0.05) is 23.7 Å². The molecule has 3 aromatic rings. The predicted molar refractivity (Wildman–Crippen MR) is 117 cm³/mol. The Morgan fingerprint density at radius 2 is 1.97 bits per heavy atom. The largest absolute Gasteiger partial charge is 0.393 e. The molecule has 2 heterocycles. The minimum absolute atomic E-state index is 0.0850. The van der Waals surface area contributed by atoms with Crippen molar-refractivity contribution in [2.45, 2.75) is 37.7 Å². The van der Waals surface area contributed by atoms with Gasteiger partial charge in [0, 0.05) is 10.9 Å². The maximum absolute atomic E-state index is 11.0. The van der Waals surface area contributed by atoms with E-state index in [0.717, 1.165) is 39.3 Å². The van der Waals surface area contributed by atoms with Gasteiger partial charge in [0.2, 0.25) is 0 Å². The van der Waals surface area contributed by atoms with Gasteiger partial charge in [-0.15, -0.1) is 11.3 Å². The second-order valence-electron chi connectivity index (χ2n) is 7.59. The van der Waals surface area contributed by atoms with Gasteiger partial charge >= 0.3 is 10.3 Å². The van der Waals surface area contributed by atoms with E-state index in [-0.39, 0.29) is 18.4 Å². The molecule has 0 saturated heterocycles. The zero-order chi connectivity index (χ0) is 21.3. The molecule has 3 N–H and O–H groups in total. The number of benzene rings is 1. The molecule has 0 spiro atoms. The molecule has 0 radical (unpaired) electrons. The van der Waals surface area contributed by atoms with Gasteiger partial charge in [0.1, 0.15) is 6.33 Å². The van der Waals surface area contributed by atoms with Crippen LogP contribution in [0.2, 0.25) is 5.02 Å². The maximum Gasteiger partial charge on any atom is 0.333 e. The molecule has 1 aromatic carbocycles. The zero-order valence-electron chi connectivity index (χ0n) is 16.1. The average Bonchev–Trinajstić information content (AvgIpc) is 3.29. The van der Waals surface area contributed by atoms with Crippen LogP contribution in [0.15, 0.2) is 36.0 Å². The number of halogens is 1. The molecule has 1 saturated carbocycles. The smallest absolute Gasteiger partial charge is 0.333 e. The van der Waals surface area contributed by atoms with Crippen LogP contribution in [-0.4, -0.2) is 36.2 Å². The molecule has 1 aliphatic rings. The molecule has 0 unspecified atom stereocenters. The molecule has 30 heavy (non-hydrogen) atoms. The summed E-state index contributed by atoms with van der Waals surface area (Å²) in [5.74, 6) is -0.198. The number of rotatable bonds is 7. The van der Waals surface area contributed by atoms with Crippen LogP contribution in [-0.2, 0) is 27.3 Å².